The molecule has 0 saturated carbocycles. The molecule has 1 fully saturated rings. The van der Waals surface area contributed by atoms with E-state index in [0.717, 1.165) is 44.1 Å². The van der Waals surface area contributed by atoms with Gasteiger partial charge >= 0.3 is 0 Å². The summed E-state index contributed by atoms with van der Waals surface area (Å²) in [4.78, 5) is 14.8. The largest absolute Gasteiger partial charge is 0.399 e. The number of aryl methyl sites for hydroxylation is 1. The van der Waals surface area contributed by atoms with E-state index in [2.05, 4.69) is 22.3 Å². The Hall–Kier alpha value is -1.79. The highest BCUT2D eigenvalue weighted by atomic mass is 35.5. The Balaban J connectivity index is 0.00000169. The number of hydrogen-bond donors (Lipinski definition) is 2. The average Bonchev–Trinajstić information content (AvgIpc) is 2.59. The van der Waals surface area contributed by atoms with Crippen LogP contribution in [0.5, 0.6) is 0 Å². The molecule has 3 N–H and O–H groups in total. The highest BCUT2D eigenvalue weighted by Gasteiger charge is 2.12. The molecule has 0 unspecified atom stereocenters. The Kier molecular flexibility index (Phi) is 8.88. The lowest BCUT2D eigenvalue weighted by Gasteiger charge is -2.26. The molecular formula is C19H25Cl2N3O2. The van der Waals surface area contributed by atoms with Gasteiger partial charge in [0.25, 0.3) is 5.91 Å². The summed E-state index contributed by atoms with van der Waals surface area (Å²) >= 11 is 0. The number of carbonyl (C=O) groups is 1. The number of anilines is 2. The minimum absolute atomic E-state index is 0. The van der Waals surface area contributed by atoms with E-state index in [-0.39, 0.29) is 30.7 Å². The number of rotatable bonds is 4. The van der Waals surface area contributed by atoms with Gasteiger partial charge in [-0.2, -0.15) is 0 Å². The number of nitrogens with one attached hydrogen (secondary N) is 1. The number of halogens is 2. The van der Waals surface area contributed by atoms with E-state index in [1.165, 1.54) is 5.56 Å². The lowest BCUT2D eigenvalue weighted by atomic mass is 10.1. The molecule has 142 valence electrons. The standard InChI is InChI=1S/C19H23N3O2.2ClH/c1-14-2-5-16(20)12-18(14)19(23)21-17-6-3-15(4-7-17)13-22-8-10-24-11-9-22;;/h2-7,12H,8-11,13,20H2,1H3,(H,21,23);2*1H. The van der Waals surface area contributed by atoms with Crippen molar-refractivity contribution in [2.24, 2.45) is 0 Å². The summed E-state index contributed by atoms with van der Waals surface area (Å²) in [6, 6.07) is 13.3. The fourth-order valence-corrected chi connectivity index (χ4v) is 2.79. The molecule has 1 aliphatic rings. The Bertz CT molecular complexity index is 717. The second-order valence-corrected chi connectivity index (χ2v) is 6.11. The minimum atomic E-state index is -0.138. The maximum absolute atomic E-state index is 12.4. The number of hydrogen-bond acceptors (Lipinski definition) is 4. The van der Waals surface area contributed by atoms with Gasteiger partial charge in [-0.25, -0.2) is 0 Å². The number of nitrogens with zero attached hydrogens (tertiary/aromatic N) is 1. The predicted octanol–water partition coefficient (Wildman–Crippen LogP) is 3.51. The van der Waals surface area contributed by atoms with E-state index in [9.17, 15) is 4.79 Å². The molecule has 1 saturated heterocycles. The zero-order valence-electron chi connectivity index (χ0n) is 14.7. The van der Waals surface area contributed by atoms with Crippen LogP contribution in [-0.4, -0.2) is 37.1 Å². The molecule has 7 heteroatoms. The van der Waals surface area contributed by atoms with Gasteiger partial charge in [-0.15, -0.1) is 24.8 Å². The third-order valence-electron chi connectivity index (χ3n) is 4.23. The Labute approximate surface area is 166 Å². The lowest BCUT2D eigenvalue weighted by molar-refractivity contribution is 0.0342. The van der Waals surface area contributed by atoms with Crippen LogP contribution < -0.4 is 11.1 Å². The number of nitrogens with two attached hydrogens (primary N) is 1. The zero-order valence-corrected chi connectivity index (χ0v) is 16.4. The number of amides is 1. The predicted molar refractivity (Wildman–Crippen MR) is 111 cm³/mol. The van der Waals surface area contributed by atoms with Gasteiger partial charge in [-0.05, 0) is 42.3 Å². The van der Waals surface area contributed by atoms with Crippen LogP contribution >= 0.6 is 24.8 Å². The van der Waals surface area contributed by atoms with Gasteiger partial charge in [0.05, 0.1) is 13.2 Å². The van der Waals surface area contributed by atoms with Crippen LogP contribution in [0.2, 0.25) is 0 Å². The van der Waals surface area contributed by atoms with E-state index in [1.54, 1.807) is 12.1 Å². The Morgan fingerprint density at radius 3 is 2.42 bits per heavy atom. The summed E-state index contributed by atoms with van der Waals surface area (Å²) in [5.74, 6) is -0.138. The van der Waals surface area contributed by atoms with Crippen molar-refractivity contribution in [1.82, 2.24) is 4.90 Å². The number of nitrogen functional groups attached to an aromatic ring is 1. The van der Waals surface area contributed by atoms with Crippen LogP contribution in [0.3, 0.4) is 0 Å². The highest BCUT2D eigenvalue weighted by Crippen LogP contribution is 2.17. The molecule has 5 nitrogen and oxygen atoms in total. The smallest absolute Gasteiger partial charge is 0.256 e. The highest BCUT2D eigenvalue weighted by molar-refractivity contribution is 6.05. The van der Waals surface area contributed by atoms with Crippen molar-refractivity contribution < 1.29 is 9.53 Å². The number of carbonyl (C=O) groups excluding carboxylic acids is 1. The van der Waals surface area contributed by atoms with Gasteiger partial charge in [-0.3, -0.25) is 9.69 Å². The SMILES string of the molecule is Cc1ccc(N)cc1C(=O)Nc1ccc(CN2CCOCC2)cc1.Cl.Cl. The number of morpholine rings is 1. The topological polar surface area (TPSA) is 67.6 Å². The maximum atomic E-state index is 12.4. The van der Waals surface area contributed by atoms with Crippen molar-refractivity contribution in [1.29, 1.82) is 0 Å². The van der Waals surface area contributed by atoms with Crippen LogP contribution in [-0.2, 0) is 11.3 Å². The van der Waals surface area contributed by atoms with Crippen molar-refractivity contribution in [3.05, 3.63) is 59.2 Å². The third kappa shape index (κ3) is 5.88. The third-order valence-corrected chi connectivity index (χ3v) is 4.23. The fraction of sp³-hybridized carbons (Fsp3) is 0.316. The molecular weight excluding hydrogens is 373 g/mol. The molecule has 3 rings (SSSR count). The van der Waals surface area contributed by atoms with Crippen molar-refractivity contribution in [2.45, 2.75) is 13.5 Å². The molecule has 0 atom stereocenters. The van der Waals surface area contributed by atoms with Gasteiger partial charge in [-0.1, -0.05) is 18.2 Å². The van der Waals surface area contributed by atoms with Crippen LogP contribution in [0.25, 0.3) is 0 Å². The first-order valence-corrected chi connectivity index (χ1v) is 8.18. The molecule has 1 aliphatic heterocycles. The van der Waals surface area contributed by atoms with E-state index in [4.69, 9.17) is 10.5 Å². The molecule has 0 aromatic heterocycles. The molecule has 0 spiro atoms. The van der Waals surface area contributed by atoms with Crippen LogP contribution in [0.4, 0.5) is 11.4 Å². The first kappa shape index (κ1) is 22.3. The van der Waals surface area contributed by atoms with E-state index >= 15 is 0 Å². The first-order chi connectivity index (χ1) is 11.6. The second-order valence-electron chi connectivity index (χ2n) is 6.11. The summed E-state index contributed by atoms with van der Waals surface area (Å²) in [5, 5.41) is 2.93. The van der Waals surface area contributed by atoms with Gasteiger partial charge in [0.1, 0.15) is 0 Å². The zero-order chi connectivity index (χ0) is 16.9. The lowest BCUT2D eigenvalue weighted by Crippen LogP contribution is -2.35. The van der Waals surface area contributed by atoms with E-state index in [1.807, 2.05) is 25.1 Å². The van der Waals surface area contributed by atoms with Crippen molar-refractivity contribution in [2.75, 3.05) is 37.4 Å². The van der Waals surface area contributed by atoms with Crippen molar-refractivity contribution in [3.8, 4) is 0 Å². The molecule has 2 aromatic carbocycles. The Morgan fingerprint density at radius 1 is 1.12 bits per heavy atom. The molecule has 1 amide bonds. The molecule has 1 heterocycles. The molecule has 26 heavy (non-hydrogen) atoms. The van der Waals surface area contributed by atoms with Crippen LogP contribution in [0, 0.1) is 6.92 Å². The van der Waals surface area contributed by atoms with Gasteiger partial charge in [0.2, 0.25) is 0 Å². The fourth-order valence-electron chi connectivity index (χ4n) is 2.79. The van der Waals surface area contributed by atoms with Crippen LogP contribution in [0.15, 0.2) is 42.5 Å². The second kappa shape index (κ2) is 10.4. The van der Waals surface area contributed by atoms with Gasteiger partial charge < -0.3 is 15.8 Å². The number of ether oxygens (including phenoxy) is 1. The normalized spacial score (nSPS) is 14.0. The Morgan fingerprint density at radius 2 is 1.77 bits per heavy atom. The average molecular weight is 398 g/mol. The monoisotopic (exact) mass is 397 g/mol. The molecule has 0 aliphatic carbocycles. The van der Waals surface area contributed by atoms with Crippen molar-refractivity contribution >= 4 is 42.1 Å². The van der Waals surface area contributed by atoms with E-state index < -0.39 is 0 Å². The summed E-state index contributed by atoms with van der Waals surface area (Å²) in [6.45, 7) is 6.34. The van der Waals surface area contributed by atoms with Crippen LogP contribution in [0.1, 0.15) is 21.5 Å². The maximum Gasteiger partial charge on any atom is 0.256 e. The molecule has 0 radical (unpaired) electrons. The summed E-state index contributed by atoms with van der Waals surface area (Å²) in [7, 11) is 0. The summed E-state index contributed by atoms with van der Waals surface area (Å²) in [5.41, 5.74) is 9.89. The number of benzene rings is 2. The van der Waals surface area contributed by atoms with Crippen molar-refractivity contribution in [3.63, 3.8) is 0 Å². The molecule has 2 aromatic rings. The van der Waals surface area contributed by atoms with Gasteiger partial charge in [0.15, 0.2) is 0 Å². The summed E-state index contributed by atoms with van der Waals surface area (Å²) < 4.78 is 5.36. The molecule has 0 bridgehead atoms. The van der Waals surface area contributed by atoms with E-state index in [0.29, 0.717) is 11.3 Å². The quantitative estimate of drug-likeness (QED) is 0.774. The van der Waals surface area contributed by atoms with Gasteiger partial charge in [0, 0.05) is 36.6 Å². The summed E-state index contributed by atoms with van der Waals surface area (Å²) in [6.07, 6.45) is 0. The minimum Gasteiger partial charge on any atom is -0.399 e. The first-order valence-electron chi connectivity index (χ1n) is 8.18.